The molecule has 0 unspecified atom stereocenters. The average Bonchev–Trinajstić information content (AvgIpc) is 3.03. The van der Waals surface area contributed by atoms with Gasteiger partial charge in [-0.25, -0.2) is 0 Å². The zero-order chi connectivity index (χ0) is 16.9. The number of H-pyrrole nitrogens is 1. The number of aromatic nitrogens is 1. The fraction of sp³-hybridized carbons (Fsp3) is 0.211. The van der Waals surface area contributed by atoms with Crippen LogP contribution in [0.3, 0.4) is 0 Å². The van der Waals surface area contributed by atoms with Crippen molar-refractivity contribution in [1.82, 2.24) is 10.3 Å². The number of para-hydroxylation sites is 1. The standard InChI is InChI=1S/C19H20N2O3/c1-23-14-7-8-17-16(11-14)13(12-21-17)9-10-20-19(22)15-5-3-4-6-18(15)24-2/h3-8,11-12,21H,9-10H2,1-2H3,(H,20,22). The molecule has 24 heavy (non-hydrogen) atoms. The lowest BCUT2D eigenvalue weighted by Crippen LogP contribution is -2.26. The number of benzene rings is 2. The Kier molecular flexibility index (Phi) is 4.70. The molecule has 0 saturated carbocycles. The highest BCUT2D eigenvalue weighted by molar-refractivity contribution is 5.97. The van der Waals surface area contributed by atoms with Crippen molar-refractivity contribution in [2.24, 2.45) is 0 Å². The van der Waals surface area contributed by atoms with E-state index >= 15 is 0 Å². The van der Waals surface area contributed by atoms with Crippen molar-refractivity contribution < 1.29 is 14.3 Å². The van der Waals surface area contributed by atoms with Gasteiger partial charge < -0.3 is 19.8 Å². The van der Waals surface area contributed by atoms with Crippen LogP contribution in [-0.4, -0.2) is 31.7 Å². The van der Waals surface area contributed by atoms with Gasteiger partial charge >= 0.3 is 0 Å². The summed E-state index contributed by atoms with van der Waals surface area (Å²) in [6.45, 7) is 0.543. The summed E-state index contributed by atoms with van der Waals surface area (Å²) in [4.78, 5) is 15.5. The molecule has 1 heterocycles. The Bertz CT molecular complexity index is 855. The number of rotatable bonds is 6. The molecule has 0 fully saturated rings. The third-order valence-electron chi connectivity index (χ3n) is 4.01. The van der Waals surface area contributed by atoms with Gasteiger partial charge in [-0.3, -0.25) is 4.79 Å². The van der Waals surface area contributed by atoms with Gasteiger partial charge in [-0.1, -0.05) is 12.1 Å². The van der Waals surface area contributed by atoms with Crippen LogP contribution in [0, 0.1) is 0 Å². The van der Waals surface area contributed by atoms with E-state index in [2.05, 4.69) is 10.3 Å². The zero-order valence-electron chi connectivity index (χ0n) is 13.8. The lowest BCUT2D eigenvalue weighted by atomic mass is 10.1. The molecule has 1 aromatic heterocycles. The van der Waals surface area contributed by atoms with Crippen LogP contribution in [0.4, 0.5) is 0 Å². The maximum absolute atomic E-state index is 12.3. The summed E-state index contributed by atoms with van der Waals surface area (Å²) in [5.41, 5.74) is 2.74. The lowest BCUT2D eigenvalue weighted by molar-refractivity contribution is 0.0951. The highest BCUT2D eigenvalue weighted by Gasteiger charge is 2.11. The van der Waals surface area contributed by atoms with Crippen LogP contribution in [0.15, 0.2) is 48.7 Å². The van der Waals surface area contributed by atoms with Crippen LogP contribution in [-0.2, 0) is 6.42 Å². The number of methoxy groups -OCH3 is 2. The van der Waals surface area contributed by atoms with Gasteiger partial charge in [0.05, 0.1) is 19.8 Å². The van der Waals surface area contributed by atoms with Gasteiger partial charge in [0.1, 0.15) is 11.5 Å². The molecule has 2 N–H and O–H groups in total. The van der Waals surface area contributed by atoms with Crippen LogP contribution in [0.5, 0.6) is 11.5 Å². The Balaban J connectivity index is 1.67. The number of ether oxygens (including phenoxy) is 2. The molecule has 0 aliphatic carbocycles. The van der Waals surface area contributed by atoms with Gasteiger partial charge in [-0.2, -0.15) is 0 Å². The van der Waals surface area contributed by atoms with Crippen LogP contribution < -0.4 is 14.8 Å². The van der Waals surface area contributed by atoms with Crippen molar-refractivity contribution in [3.8, 4) is 11.5 Å². The van der Waals surface area contributed by atoms with Crippen molar-refractivity contribution >= 4 is 16.8 Å². The summed E-state index contributed by atoms with van der Waals surface area (Å²) in [6.07, 6.45) is 2.70. The molecule has 124 valence electrons. The van der Waals surface area contributed by atoms with E-state index in [1.165, 1.54) is 0 Å². The Labute approximate surface area is 140 Å². The van der Waals surface area contributed by atoms with Crippen molar-refractivity contribution in [1.29, 1.82) is 0 Å². The van der Waals surface area contributed by atoms with E-state index in [9.17, 15) is 4.79 Å². The molecule has 0 bridgehead atoms. The summed E-state index contributed by atoms with van der Waals surface area (Å²) in [5.74, 6) is 1.26. The number of hydrogen-bond donors (Lipinski definition) is 2. The van der Waals surface area contributed by atoms with Gasteiger partial charge in [-0.05, 0) is 42.3 Å². The topological polar surface area (TPSA) is 63.3 Å². The summed E-state index contributed by atoms with van der Waals surface area (Å²) in [6, 6.07) is 13.1. The first kappa shape index (κ1) is 15.9. The summed E-state index contributed by atoms with van der Waals surface area (Å²) >= 11 is 0. The normalized spacial score (nSPS) is 10.6. The third-order valence-corrected chi connectivity index (χ3v) is 4.01. The number of fused-ring (bicyclic) bond motifs is 1. The van der Waals surface area contributed by atoms with E-state index in [4.69, 9.17) is 9.47 Å². The zero-order valence-corrected chi connectivity index (χ0v) is 13.8. The summed E-state index contributed by atoms with van der Waals surface area (Å²) in [7, 11) is 3.21. The SMILES string of the molecule is COc1ccc2[nH]cc(CCNC(=O)c3ccccc3OC)c2c1. The second-order valence-corrected chi connectivity index (χ2v) is 5.43. The number of hydrogen-bond acceptors (Lipinski definition) is 3. The fourth-order valence-electron chi connectivity index (χ4n) is 2.73. The van der Waals surface area contributed by atoms with E-state index in [0.29, 0.717) is 17.9 Å². The van der Waals surface area contributed by atoms with Crippen LogP contribution >= 0.6 is 0 Å². The molecule has 0 aliphatic heterocycles. The molecule has 1 amide bonds. The first-order valence-electron chi connectivity index (χ1n) is 7.78. The predicted molar refractivity (Wildman–Crippen MR) is 93.9 cm³/mol. The molecule has 0 atom stereocenters. The van der Waals surface area contributed by atoms with Gasteiger partial charge in [0.25, 0.3) is 5.91 Å². The monoisotopic (exact) mass is 324 g/mol. The van der Waals surface area contributed by atoms with E-state index in [0.717, 1.165) is 28.6 Å². The van der Waals surface area contributed by atoms with Crippen LogP contribution in [0.25, 0.3) is 10.9 Å². The minimum absolute atomic E-state index is 0.134. The highest BCUT2D eigenvalue weighted by Crippen LogP contribution is 2.24. The minimum atomic E-state index is -0.134. The average molecular weight is 324 g/mol. The first-order chi connectivity index (χ1) is 11.7. The molecule has 0 aliphatic rings. The quantitative estimate of drug-likeness (QED) is 0.732. The van der Waals surface area contributed by atoms with Crippen molar-refractivity contribution in [3.05, 3.63) is 59.8 Å². The van der Waals surface area contributed by atoms with Gasteiger partial charge in [0.2, 0.25) is 0 Å². The maximum Gasteiger partial charge on any atom is 0.255 e. The summed E-state index contributed by atoms with van der Waals surface area (Å²) in [5, 5.41) is 4.05. The Morgan fingerprint density at radius 3 is 2.75 bits per heavy atom. The molecule has 0 saturated heterocycles. The fourth-order valence-corrected chi connectivity index (χ4v) is 2.73. The Morgan fingerprint density at radius 1 is 1.12 bits per heavy atom. The van der Waals surface area contributed by atoms with E-state index in [-0.39, 0.29) is 5.91 Å². The molecule has 0 spiro atoms. The van der Waals surface area contributed by atoms with E-state index in [1.807, 2.05) is 36.5 Å². The second kappa shape index (κ2) is 7.08. The van der Waals surface area contributed by atoms with Crippen LogP contribution in [0.2, 0.25) is 0 Å². The number of carbonyl (C=O) groups excluding carboxylic acids is 1. The predicted octanol–water partition coefficient (Wildman–Crippen LogP) is 3.16. The molecular weight excluding hydrogens is 304 g/mol. The maximum atomic E-state index is 12.3. The van der Waals surface area contributed by atoms with Gasteiger partial charge in [0.15, 0.2) is 0 Å². The molecule has 3 aromatic rings. The molecule has 2 aromatic carbocycles. The number of aromatic amines is 1. The van der Waals surface area contributed by atoms with E-state index in [1.54, 1.807) is 26.4 Å². The van der Waals surface area contributed by atoms with Crippen molar-refractivity contribution in [2.75, 3.05) is 20.8 Å². The van der Waals surface area contributed by atoms with Gasteiger partial charge in [0, 0.05) is 23.6 Å². The Hall–Kier alpha value is -2.95. The van der Waals surface area contributed by atoms with Gasteiger partial charge in [-0.15, -0.1) is 0 Å². The number of carbonyl (C=O) groups is 1. The van der Waals surface area contributed by atoms with Crippen molar-refractivity contribution in [2.45, 2.75) is 6.42 Å². The molecule has 5 heteroatoms. The lowest BCUT2D eigenvalue weighted by Gasteiger charge is -2.09. The Morgan fingerprint density at radius 2 is 1.96 bits per heavy atom. The summed E-state index contributed by atoms with van der Waals surface area (Å²) < 4.78 is 10.5. The first-order valence-corrected chi connectivity index (χ1v) is 7.78. The minimum Gasteiger partial charge on any atom is -0.497 e. The molecule has 0 radical (unpaired) electrons. The van der Waals surface area contributed by atoms with Crippen LogP contribution in [0.1, 0.15) is 15.9 Å². The number of nitrogens with one attached hydrogen (secondary N) is 2. The smallest absolute Gasteiger partial charge is 0.255 e. The molecule has 3 rings (SSSR count). The molecular formula is C19H20N2O3. The second-order valence-electron chi connectivity index (χ2n) is 5.43. The highest BCUT2D eigenvalue weighted by atomic mass is 16.5. The number of amides is 1. The largest absolute Gasteiger partial charge is 0.497 e. The van der Waals surface area contributed by atoms with E-state index < -0.39 is 0 Å². The molecule has 5 nitrogen and oxygen atoms in total. The van der Waals surface area contributed by atoms with Crippen molar-refractivity contribution in [3.63, 3.8) is 0 Å². The third kappa shape index (κ3) is 3.20.